The van der Waals surface area contributed by atoms with Gasteiger partial charge in [0.05, 0.1) is 24.5 Å². The predicted molar refractivity (Wildman–Crippen MR) is 135 cm³/mol. The Hall–Kier alpha value is -3.39. The number of thiocarbonyl (C=S) groups is 1. The number of benzene rings is 1. The summed E-state index contributed by atoms with van der Waals surface area (Å²) in [5.74, 6) is 0.484. The standard InChI is InChI=1S/C25H29N5O2S/c1-15-9-11-19(27-15)22-21(18-8-6-7-13-26-18)29-24(33)30(22)16-10-12-17(20(14-16)32-5)28-23(31)25(2,3)4/h6-14,21-22,27H,1-5H3,(H,28,31)(H,29,33)/t21-,22+/m1/s1. The molecule has 8 heteroatoms. The number of nitrogens with one attached hydrogen (secondary N) is 3. The van der Waals surface area contributed by atoms with Crippen LogP contribution in [0.5, 0.6) is 5.75 Å². The van der Waals surface area contributed by atoms with E-state index in [4.69, 9.17) is 17.0 Å². The summed E-state index contributed by atoms with van der Waals surface area (Å²) in [6.07, 6.45) is 1.79. The predicted octanol–water partition coefficient (Wildman–Crippen LogP) is 4.89. The third-order valence-electron chi connectivity index (χ3n) is 5.66. The summed E-state index contributed by atoms with van der Waals surface area (Å²) in [7, 11) is 1.59. The molecule has 1 fully saturated rings. The van der Waals surface area contributed by atoms with Gasteiger partial charge in [-0.15, -0.1) is 0 Å². The Morgan fingerprint density at radius 2 is 1.97 bits per heavy atom. The van der Waals surface area contributed by atoms with Crippen molar-refractivity contribution in [2.75, 3.05) is 17.3 Å². The molecule has 1 aliphatic heterocycles. The fourth-order valence-corrected chi connectivity index (χ4v) is 4.24. The number of aromatic nitrogens is 2. The molecule has 2 atom stereocenters. The van der Waals surface area contributed by atoms with Crippen molar-refractivity contribution >= 4 is 34.6 Å². The molecule has 3 heterocycles. The molecule has 1 aliphatic rings. The number of aryl methyl sites for hydroxylation is 1. The Balaban J connectivity index is 1.74. The van der Waals surface area contributed by atoms with E-state index in [0.29, 0.717) is 16.5 Å². The highest BCUT2D eigenvalue weighted by atomic mass is 32.1. The number of ether oxygens (including phenoxy) is 1. The number of anilines is 2. The summed E-state index contributed by atoms with van der Waals surface area (Å²) in [5.41, 5.74) is 3.96. The number of aromatic amines is 1. The average Bonchev–Trinajstić information content (AvgIpc) is 3.36. The van der Waals surface area contributed by atoms with Crippen molar-refractivity contribution in [1.29, 1.82) is 0 Å². The molecule has 3 aromatic rings. The first-order valence-corrected chi connectivity index (χ1v) is 11.3. The lowest BCUT2D eigenvalue weighted by Gasteiger charge is -2.28. The molecule has 0 unspecified atom stereocenters. The molecule has 0 bridgehead atoms. The smallest absolute Gasteiger partial charge is 0.229 e. The monoisotopic (exact) mass is 463 g/mol. The number of rotatable bonds is 5. The van der Waals surface area contributed by atoms with Crippen LogP contribution in [0.4, 0.5) is 11.4 Å². The van der Waals surface area contributed by atoms with Crippen LogP contribution in [-0.4, -0.2) is 28.1 Å². The second-order valence-corrected chi connectivity index (χ2v) is 9.57. The Kier molecular flexibility index (Phi) is 6.12. The van der Waals surface area contributed by atoms with Crippen molar-refractivity contribution in [3.8, 4) is 5.75 Å². The zero-order valence-corrected chi connectivity index (χ0v) is 20.3. The second-order valence-electron chi connectivity index (χ2n) is 9.18. The Morgan fingerprint density at radius 3 is 2.58 bits per heavy atom. The maximum absolute atomic E-state index is 12.5. The fourth-order valence-electron chi connectivity index (χ4n) is 3.89. The van der Waals surface area contributed by atoms with Crippen LogP contribution < -0.4 is 20.3 Å². The highest BCUT2D eigenvalue weighted by molar-refractivity contribution is 7.80. The maximum atomic E-state index is 12.5. The number of carbonyl (C=O) groups is 1. The summed E-state index contributed by atoms with van der Waals surface area (Å²) in [4.78, 5) is 22.6. The summed E-state index contributed by atoms with van der Waals surface area (Å²) in [6.45, 7) is 7.65. The van der Waals surface area contributed by atoms with Crippen LogP contribution in [0, 0.1) is 12.3 Å². The molecule has 1 aromatic carbocycles. The van der Waals surface area contributed by atoms with Gasteiger partial charge in [-0.3, -0.25) is 9.78 Å². The van der Waals surface area contributed by atoms with E-state index >= 15 is 0 Å². The molecule has 0 spiro atoms. The molecule has 33 heavy (non-hydrogen) atoms. The zero-order valence-electron chi connectivity index (χ0n) is 19.5. The molecular formula is C25H29N5O2S. The molecule has 4 rings (SSSR count). The third kappa shape index (κ3) is 4.57. The quantitative estimate of drug-likeness (QED) is 0.468. The molecular weight excluding hydrogens is 434 g/mol. The van der Waals surface area contributed by atoms with Crippen LogP contribution in [0.3, 0.4) is 0 Å². The number of carbonyl (C=O) groups excluding carboxylic acids is 1. The SMILES string of the molecule is COc1cc(N2C(=S)N[C@H](c3ccccn3)[C@@H]2c2ccc(C)[nH]2)ccc1NC(=O)C(C)(C)C. The van der Waals surface area contributed by atoms with Gasteiger partial charge in [-0.05, 0) is 55.5 Å². The van der Waals surface area contributed by atoms with E-state index in [1.807, 2.05) is 64.1 Å². The molecule has 172 valence electrons. The van der Waals surface area contributed by atoms with Gasteiger partial charge in [-0.1, -0.05) is 26.8 Å². The van der Waals surface area contributed by atoms with Crippen molar-refractivity contribution in [2.24, 2.45) is 5.41 Å². The molecule has 2 aromatic heterocycles. The highest BCUT2D eigenvalue weighted by Crippen LogP contribution is 2.43. The van der Waals surface area contributed by atoms with E-state index in [-0.39, 0.29) is 18.0 Å². The van der Waals surface area contributed by atoms with Gasteiger partial charge in [0.2, 0.25) is 5.91 Å². The number of amides is 1. The van der Waals surface area contributed by atoms with Crippen molar-refractivity contribution < 1.29 is 9.53 Å². The van der Waals surface area contributed by atoms with Gasteiger partial charge in [0.15, 0.2) is 5.11 Å². The largest absolute Gasteiger partial charge is 0.494 e. The topological polar surface area (TPSA) is 82.3 Å². The Bertz CT molecular complexity index is 1170. The van der Waals surface area contributed by atoms with Gasteiger partial charge in [-0.2, -0.15) is 0 Å². The van der Waals surface area contributed by atoms with E-state index in [0.717, 1.165) is 22.8 Å². The molecule has 1 amide bonds. The Labute approximate surface area is 199 Å². The van der Waals surface area contributed by atoms with Crippen LogP contribution >= 0.6 is 12.2 Å². The van der Waals surface area contributed by atoms with Crippen molar-refractivity contribution in [3.63, 3.8) is 0 Å². The van der Waals surface area contributed by atoms with E-state index in [1.54, 1.807) is 13.3 Å². The fraction of sp³-hybridized carbons (Fsp3) is 0.320. The van der Waals surface area contributed by atoms with Crippen molar-refractivity contribution in [1.82, 2.24) is 15.3 Å². The van der Waals surface area contributed by atoms with E-state index < -0.39 is 5.41 Å². The van der Waals surface area contributed by atoms with Gasteiger partial charge >= 0.3 is 0 Å². The minimum absolute atomic E-state index is 0.0816. The lowest BCUT2D eigenvalue weighted by atomic mass is 9.95. The van der Waals surface area contributed by atoms with Crippen LogP contribution in [0.25, 0.3) is 0 Å². The Morgan fingerprint density at radius 1 is 1.18 bits per heavy atom. The van der Waals surface area contributed by atoms with Gasteiger partial charge < -0.3 is 25.3 Å². The summed E-state index contributed by atoms with van der Waals surface area (Å²) in [5, 5.41) is 7.00. The summed E-state index contributed by atoms with van der Waals surface area (Å²) in [6, 6.07) is 15.4. The van der Waals surface area contributed by atoms with E-state index in [1.165, 1.54) is 0 Å². The summed E-state index contributed by atoms with van der Waals surface area (Å²) < 4.78 is 5.63. The first-order valence-electron chi connectivity index (χ1n) is 10.8. The number of pyridine rings is 1. The number of methoxy groups -OCH3 is 1. The first kappa shape index (κ1) is 22.8. The normalized spacial score (nSPS) is 18.2. The van der Waals surface area contributed by atoms with Crippen LogP contribution in [-0.2, 0) is 4.79 Å². The number of hydrogen-bond donors (Lipinski definition) is 3. The zero-order chi connectivity index (χ0) is 23.8. The maximum Gasteiger partial charge on any atom is 0.229 e. The van der Waals surface area contributed by atoms with E-state index in [9.17, 15) is 4.79 Å². The van der Waals surface area contributed by atoms with Gasteiger partial charge in [-0.25, -0.2) is 0 Å². The number of hydrogen-bond acceptors (Lipinski definition) is 4. The molecule has 3 N–H and O–H groups in total. The molecule has 0 saturated carbocycles. The van der Waals surface area contributed by atoms with Gasteiger partial charge in [0.1, 0.15) is 11.8 Å². The van der Waals surface area contributed by atoms with Crippen molar-refractivity contribution in [3.05, 3.63) is 71.8 Å². The minimum atomic E-state index is -0.517. The van der Waals surface area contributed by atoms with Crippen LogP contribution in [0.2, 0.25) is 0 Å². The van der Waals surface area contributed by atoms with Crippen molar-refractivity contribution in [2.45, 2.75) is 39.8 Å². The number of nitrogens with zero attached hydrogens (tertiary/aromatic N) is 2. The van der Waals surface area contributed by atoms with Crippen LogP contribution in [0.1, 0.15) is 49.9 Å². The van der Waals surface area contributed by atoms with Gasteiger partial charge in [0.25, 0.3) is 0 Å². The van der Waals surface area contributed by atoms with Crippen LogP contribution in [0.15, 0.2) is 54.7 Å². The minimum Gasteiger partial charge on any atom is -0.494 e. The molecule has 7 nitrogen and oxygen atoms in total. The molecule has 0 aliphatic carbocycles. The third-order valence-corrected chi connectivity index (χ3v) is 5.98. The highest BCUT2D eigenvalue weighted by Gasteiger charge is 2.41. The lowest BCUT2D eigenvalue weighted by Crippen LogP contribution is -2.30. The van der Waals surface area contributed by atoms with E-state index in [2.05, 4.69) is 37.6 Å². The average molecular weight is 464 g/mol. The lowest BCUT2D eigenvalue weighted by molar-refractivity contribution is -0.123. The summed E-state index contributed by atoms with van der Waals surface area (Å²) >= 11 is 5.78. The van der Waals surface area contributed by atoms with Gasteiger partial charge in [0, 0.05) is 34.8 Å². The molecule has 0 radical (unpaired) electrons. The number of H-pyrrole nitrogens is 1. The second kappa shape index (κ2) is 8.86. The first-order chi connectivity index (χ1) is 15.7. The molecule has 1 saturated heterocycles.